The van der Waals surface area contributed by atoms with Crippen molar-refractivity contribution in [2.45, 2.75) is 37.1 Å². The maximum atomic E-state index is 13.4. The number of hydrogen-bond donors (Lipinski definition) is 3. The number of carbonyl (C=O) groups excluding carboxylic acids is 2. The Morgan fingerprint density at radius 2 is 1.73 bits per heavy atom. The highest BCUT2D eigenvalue weighted by Crippen LogP contribution is 2.51. The van der Waals surface area contributed by atoms with Gasteiger partial charge in [-0.2, -0.15) is 0 Å². The lowest BCUT2D eigenvalue weighted by molar-refractivity contribution is -0.130. The fourth-order valence-electron chi connectivity index (χ4n) is 4.29. The molecule has 2 aliphatic rings. The molecule has 0 radical (unpaired) electrons. The molecule has 1 saturated carbocycles. The maximum absolute atomic E-state index is 13.4. The van der Waals surface area contributed by atoms with E-state index in [2.05, 4.69) is 16.0 Å². The van der Waals surface area contributed by atoms with Gasteiger partial charge in [0.2, 0.25) is 11.8 Å². The minimum Gasteiger partial charge on any atom is -0.354 e. The molecule has 1 aliphatic carbocycles. The fraction of sp³-hybridized carbons (Fsp3) is 0.417. The van der Waals surface area contributed by atoms with Gasteiger partial charge in [-0.3, -0.25) is 9.59 Å². The minimum absolute atomic E-state index is 0.223. The van der Waals surface area contributed by atoms with Gasteiger partial charge in [0.15, 0.2) is 0 Å². The van der Waals surface area contributed by atoms with Crippen molar-refractivity contribution >= 4 is 58.2 Å². The van der Waals surface area contributed by atoms with Crippen LogP contribution in [0.3, 0.4) is 0 Å². The largest absolute Gasteiger partial charge is 0.354 e. The zero-order valence-corrected chi connectivity index (χ0v) is 20.9. The average molecular weight is 529 g/mol. The topological polar surface area (TPSA) is 70.2 Å². The summed E-state index contributed by atoms with van der Waals surface area (Å²) < 4.78 is 0. The molecule has 2 fully saturated rings. The number of benzene rings is 2. The van der Waals surface area contributed by atoms with E-state index in [9.17, 15) is 9.59 Å². The molecule has 3 N–H and O–H groups in total. The Balaban J connectivity index is 1.52. The Kier molecular flexibility index (Phi) is 7.76. The van der Waals surface area contributed by atoms with Gasteiger partial charge in [-0.1, -0.05) is 58.5 Å². The monoisotopic (exact) mass is 527 g/mol. The van der Waals surface area contributed by atoms with Crippen LogP contribution in [0.15, 0.2) is 36.4 Å². The second-order valence-electron chi connectivity index (χ2n) is 8.78. The third-order valence-electron chi connectivity index (χ3n) is 6.42. The first-order valence-electron chi connectivity index (χ1n) is 11.0. The molecule has 33 heavy (non-hydrogen) atoms. The van der Waals surface area contributed by atoms with Gasteiger partial charge in [0, 0.05) is 33.1 Å². The van der Waals surface area contributed by atoms with Crippen LogP contribution < -0.4 is 16.0 Å². The fourth-order valence-corrected chi connectivity index (χ4v) is 5.37. The summed E-state index contributed by atoms with van der Waals surface area (Å²) in [6.45, 7) is 2.38. The average Bonchev–Trinajstić information content (AvgIpc) is 3.40. The molecule has 176 valence electrons. The van der Waals surface area contributed by atoms with Gasteiger partial charge in [0.1, 0.15) is 6.04 Å². The van der Waals surface area contributed by atoms with E-state index in [1.54, 1.807) is 36.4 Å². The molecular formula is C24H25Cl4N3O2. The molecule has 0 bridgehead atoms. The summed E-state index contributed by atoms with van der Waals surface area (Å²) in [7, 11) is 0. The highest BCUT2D eigenvalue weighted by Gasteiger charge is 2.53. The van der Waals surface area contributed by atoms with Gasteiger partial charge in [-0.25, -0.2) is 0 Å². The van der Waals surface area contributed by atoms with Gasteiger partial charge in [-0.15, -0.1) is 0 Å². The van der Waals surface area contributed by atoms with Gasteiger partial charge in [0.25, 0.3) is 0 Å². The quantitative estimate of drug-likeness (QED) is 0.461. The van der Waals surface area contributed by atoms with Crippen LogP contribution in [0, 0.1) is 5.92 Å². The second-order valence-corrected chi connectivity index (χ2v) is 10.5. The molecule has 0 aromatic heterocycles. The maximum Gasteiger partial charge on any atom is 0.242 e. The first-order chi connectivity index (χ1) is 15.8. The Hall–Kier alpha value is -1.50. The van der Waals surface area contributed by atoms with Gasteiger partial charge in [-0.05, 0) is 73.7 Å². The number of nitrogens with one attached hydrogen (secondary N) is 3. The molecule has 1 heterocycles. The summed E-state index contributed by atoms with van der Waals surface area (Å²) in [6, 6.07) is 9.50. The SMILES string of the molecule is O=C(NC[C@@H]1CCNC1)C(Cc1ccc(Cl)cc1Cl)NC(=O)C1(c2ccc(Cl)cc2Cl)CC1. The molecule has 1 unspecified atom stereocenters. The zero-order chi connectivity index (χ0) is 23.6. The Morgan fingerprint density at radius 1 is 1.03 bits per heavy atom. The van der Waals surface area contributed by atoms with Crippen molar-refractivity contribution < 1.29 is 9.59 Å². The Morgan fingerprint density at radius 3 is 2.33 bits per heavy atom. The molecule has 2 amide bonds. The smallest absolute Gasteiger partial charge is 0.242 e. The van der Waals surface area contributed by atoms with E-state index in [0.717, 1.165) is 30.6 Å². The molecule has 1 saturated heterocycles. The van der Waals surface area contributed by atoms with Crippen LogP contribution in [0.5, 0.6) is 0 Å². The van der Waals surface area contributed by atoms with Crippen molar-refractivity contribution in [2.24, 2.45) is 5.92 Å². The lowest BCUT2D eigenvalue weighted by Gasteiger charge is -2.24. The third kappa shape index (κ3) is 5.77. The van der Waals surface area contributed by atoms with Crippen molar-refractivity contribution in [1.29, 1.82) is 0 Å². The summed E-state index contributed by atoms with van der Waals surface area (Å²) in [5.41, 5.74) is 0.713. The number of rotatable bonds is 8. The van der Waals surface area contributed by atoms with Crippen LogP contribution >= 0.6 is 46.4 Å². The Bertz CT molecular complexity index is 1050. The highest BCUT2D eigenvalue weighted by molar-refractivity contribution is 6.35. The predicted molar refractivity (Wildman–Crippen MR) is 133 cm³/mol. The van der Waals surface area contributed by atoms with E-state index in [4.69, 9.17) is 46.4 Å². The van der Waals surface area contributed by atoms with E-state index >= 15 is 0 Å². The van der Waals surface area contributed by atoms with E-state index in [-0.39, 0.29) is 18.2 Å². The van der Waals surface area contributed by atoms with E-state index in [1.165, 1.54) is 0 Å². The summed E-state index contributed by atoms with van der Waals surface area (Å²) in [6.07, 6.45) is 2.58. The van der Waals surface area contributed by atoms with Crippen LogP contribution in [0.25, 0.3) is 0 Å². The first kappa shape index (κ1) is 24.6. The number of halogens is 4. The third-order valence-corrected chi connectivity index (χ3v) is 7.55. The molecule has 2 aromatic carbocycles. The molecule has 2 atom stereocenters. The zero-order valence-electron chi connectivity index (χ0n) is 17.9. The van der Waals surface area contributed by atoms with E-state index in [0.29, 0.717) is 45.4 Å². The van der Waals surface area contributed by atoms with Crippen molar-refractivity contribution in [1.82, 2.24) is 16.0 Å². The van der Waals surface area contributed by atoms with Crippen molar-refractivity contribution in [2.75, 3.05) is 19.6 Å². The Labute approximate surface area is 213 Å². The van der Waals surface area contributed by atoms with Crippen LogP contribution in [0.2, 0.25) is 20.1 Å². The minimum atomic E-state index is -0.783. The lowest BCUT2D eigenvalue weighted by Crippen LogP contribution is -2.51. The van der Waals surface area contributed by atoms with Crippen LogP contribution in [0.1, 0.15) is 30.4 Å². The molecule has 1 aliphatic heterocycles. The molecule has 9 heteroatoms. The standard InChI is InChI=1S/C24H25Cl4N3O2/c25-16-2-1-15(19(27)10-16)9-21(22(32)30-13-14-5-8-29-12-14)31-23(33)24(6-7-24)18-4-3-17(26)11-20(18)28/h1-4,10-11,14,21,29H,5-9,12-13H2,(H,30,32)(H,31,33)/t14-,21?/m1/s1. The van der Waals surface area contributed by atoms with E-state index in [1.807, 2.05) is 0 Å². The highest BCUT2D eigenvalue weighted by atomic mass is 35.5. The van der Waals surface area contributed by atoms with Gasteiger partial charge < -0.3 is 16.0 Å². The van der Waals surface area contributed by atoms with Crippen LogP contribution in [-0.4, -0.2) is 37.5 Å². The molecule has 2 aromatic rings. The lowest BCUT2D eigenvalue weighted by atomic mass is 9.94. The summed E-state index contributed by atoms with van der Waals surface area (Å²) in [5, 5.41) is 11.2. The van der Waals surface area contributed by atoms with Crippen LogP contribution in [-0.2, 0) is 21.4 Å². The molecule has 5 nitrogen and oxygen atoms in total. The van der Waals surface area contributed by atoms with Gasteiger partial charge >= 0.3 is 0 Å². The van der Waals surface area contributed by atoms with E-state index < -0.39 is 11.5 Å². The normalized spacial score (nSPS) is 19.7. The summed E-state index contributed by atoms with van der Waals surface area (Å²) in [5.74, 6) is -0.0779. The van der Waals surface area contributed by atoms with Crippen molar-refractivity contribution in [3.05, 3.63) is 67.6 Å². The number of carbonyl (C=O) groups is 2. The van der Waals surface area contributed by atoms with Crippen molar-refractivity contribution in [3.8, 4) is 0 Å². The molecule has 4 rings (SSSR count). The van der Waals surface area contributed by atoms with Gasteiger partial charge in [0.05, 0.1) is 5.41 Å². The first-order valence-corrected chi connectivity index (χ1v) is 12.5. The van der Waals surface area contributed by atoms with Crippen LogP contribution in [0.4, 0.5) is 0 Å². The second kappa shape index (κ2) is 10.4. The summed E-state index contributed by atoms with van der Waals surface area (Å²) >= 11 is 24.8. The molecular weight excluding hydrogens is 504 g/mol. The van der Waals surface area contributed by atoms with Crippen molar-refractivity contribution in [3.63, 3.8) is 0 Å². The number of amides is 2. The summed E-state index contributed by atoms with van der Waals surface area (Å²) in [4.78, 5) is 26.6. The predicted octanol–water partition coefficient (Wildman–Crippen LogP) is 4.79. The number of hydrogen-bond acceptors (Lipinski definition) is 3. The molecule has 0 spiro atoms.